The summed E-state index contributed by atoms with van der Waals surface area (Å²) in [4.78, 5) is 27.9. The number of carbonyl (C=O) groups excluding carboxylic acids is 1. The Morgan fingerprint density at radius 1 is 1.04 bits per heavy atom. The third-order valence-corrected chi connectivity index (χ3v) is 5.14. The molecule has 0 bridgehead atoms. The lowest BCUT2D eigenvalue weighted by atomic mass is 9.96. The molecular weight excluding hydrogens is 360 g/mol. The van der Waals surface area contributed by atoms with Crippen molar-refractivity contribution in [3.05, 3.63) is 18.2 Å². The van der Waals surface area contributed by atoms with E-state index in [4.69, 9.17) is 14.6 Å². The van der Waals surface area contributed by atoms with E-state index in [-0.39, 0.29) is 30.3 Å². The first kappa shape index (κ1) is 20.3. The summed E-state index contributed by atoms with van der Waals surface area (Å²) < 4.78 is 10.6. The highest BCUT2D eigenvalue weighted by atomic mass is 35.5. The van der Waals surface area contributed by atoms with Gasteiger partial charge in [-0.05, 0) is 32.4 Å². The fourth-order valence-electron chi connectivity index (χ4n) is 3.67. The number of carboxylic acids is 1. The molecule has 0 aromatic heterocycles. The lowest BCUT2D eigenvalue weighted by molar-refractivity contribution is -0.143. The first-order chi connectivity index (χ1) is 12.0. The highest BCUT2D eigenvalue weighted by Gasteiger charge is 2.39. The van der Waals surface area contributed by atoms with Crippen LogP contribution in [0.2, 0.25) is 0 Å². The maximum atomic E-state index is 12.9. The minimum absolute atomic E-state index is 0. The average Bonchev–Trinajstić information content (AvgIpc) is 3.02. The van der Waals surface area contributed by atoms with Gasteiger partial charge < -0.3 is 19.5 Å². The second-order valence-electron chi connectivity index (χ2n) is 6.51. The monoisotopic (exact) mass is 384 g/mol. The van der Waals surface area contributed by atoms with Crippen LogP contribution in [0.4, 0.5) is 5.69 Å². The van der Waals surface area contributed by atoms with E-state index in [0.29, 0.717) is 44.0 Å². The van der Waals surface area contributed by atoms with Crippen molar-refractivity contribution in [1.29, 1.82) is 0 Å². The Hall–Kier alpha value is -1.99. The summed E-state index contributed by atoms with van der Waals surface area (Å²) in [5.41, 5.74) is 0.768. The van der Waals surface area contributed by atoms with Gasteiger partial charge in [0.25, 0.3) is 0 Å². The molecule has 1 aromatic carbocycles. The molecule has 8 heteroatoms. The number of ether oxygens (including phenoxy) is 2. The summed E-state index contributed by atoms with van der Waals surface area (Å²) >= 11 is 0. The van der Waals surface area contributed by atoms with E-state index in [9.17, 15) is 9.59 Å². The Balaban J connectivity index is 0.00000243. The molecule has 1 amide bonds. The predicted octanol–water partition coefficient (Wildman–Crippen LogP) is 2.03. The molecule has 1 atom stereocenters. The number of hydrogen-bond donors (Lipinski definition) is 1. The maximum Gasteiger partial charge on any atom is 0.306 e. The van der Waals surface area contributed by atoms with Crippen LogP contribution in [-0.2, 0) is 9.59 Å². The number of methoxy groups -OCH3 is 2. The Labute approximate surface area is 159 Å². The van der Waals surface area contributed by atoms with Gasteiger partial charge in [-0.15, -0.1) is 12.4 Å². The molecule has 2 aliphatic rings. The quantitative estimate of drug-likeness (QED) is 0.836. The van der Waals surface area contributed by atoms with Gasteiger partial charge in [-0.1, -0.05) is 0 Å². The lowest BCUT2D eigenvalue weighted by Gasteiger charge is -2.33. The smallest absolute Gasteiger partial charge is 0.306 e. The maximum absolute atomic E-state index is 12.9. The summed E-state index contributed by atoms with van der Waals surface area (Å²) in [6.07, 6.45) is 1.95. The van der Waals surface area contributed by atoms with Crippen molar-refractivity contribution in [3.63, 3.8) is 0 Å². The van der Waals surface area contributed by atoms with Crippen LogP contribution in [0.5, 0.6) is 11.5 Å². The summed E-state index contributed by atoms with van der Waals surface area (Å²) in [5.74, 6) is 0.332. The second kappa shape index (κ2) is 8.60. The van der Waals surface area contributed by atoms with Crippen LogP contribution in [0.15, 0.2) is 18.2 Å². The molecule has 0 saturated carbocycles. The van der Waals surface area contributed by atoms with Crippen molar-refractivity contribution >= 4 is 30.0 Å². The van der Waals surface area contributed by atoms with E-state index < -0.39 is 5.97 Å². The fraction of sp³-hybridized carbons (Fsp3) is 0.556. The minimum Gasteiger partial charge on any atom is -0.497 e. The largest absolute Gasteiger partial charge is 0.497 e. The van der Waals surface area contributed by atoms with Gasteiger partial charge in [0.15, 0.2) is 0 Å². The lowest BCUT2D eigenvalue weighted by Crippen LogP contribution is -2.46. The van der Waals surface area contributed by atoms with Crippen LogP contribution < -0.4 is 14.4 Å². The molecule has 2 saturated heterocycles. The van der Waals surface area contributed by atoms with Crippen molar-refractivity contribution in [3.8, 4) is 11.5 Å². The Bertz CT molecular complexity index is 639. The number of piperidine rings is 1. The summed E-state index contributed by atoms with van der Waals surface area (Å²) in [5, 5.41) is 9.11. The molecule has 26 heavy (non-hydrogen) atoms. The summed E-state index contributed by atoms with van der Waals surface area (Å²) in [6.45, 7) is 1.95. The molecule has 0 spiro atoms. The van der Waals surface area contributed by atoms with Crippen LogP contribution in [0.1, 0.15) is 19.3 Å². The summed E-state index contributed by atoms with van der Waals surface area (Å²) in [6, 6.07) is 5.27. The number of nitrogens with zero attached hydrogens (tertiary/aromatic N) is 2. The molecule has 2 fully saturated rings. The van der Waals surface area contributed by atoms with Crippen LogP contribution in [0, 0.1) is 5.92 Å². The molecular formula is C18H25ClN2O5. The fourth-order valence-corrected chi connectivity index (χ4v) is 3.67. The third-order valence-electron chi connectivity index (χ3n) is 5.14. The molecule has 1 unspecified atom stereocenters. The number of amides is 1. The average molecular weight is 385 g/mol. The van der Waals surface area contributed by atoms with Crippen LogP contribution in [0.25, 0.3) is 0 Å². The third kappa shape index (κ3) is 4.04. The molecule has 2 aliphatic heterocycles. The van der Waals surface area contributed by atoms with Gasteiger partial charge in [-0.3, -0.25) is 14.5 Å². The first-order valence-corrected chi connectivity index (χ1v) is 8.54. The number of likely N-dealkylation sites (tertiary alicyclic amines) is 1. The molecule has 2 heterocycles. The molecule has 0 aliphatic carbocycles. The number of anilines is 1. The van der Waals surface area contributed by atoms with Crippen molar-refractivity contribution in [1.82, 2.24) is 4.90 Å². The van der Waals surface area contributed by atoms with E-state index in [1.807, 2.05) is 12.1 Å². The molecule has 3 rings (SSSR count). The number of halogens is 1. The van der Waals surface area contributed by atoms with E-state index in [2.05, 4.69) is 4.90 Å². The topological polar surface area (TPSA) is 79.3 Å². The van der Waals surface area contributed by atoms with Gasteiger partial charge in [-0.2, -0.15) is 0 Å². The number of carboxylic acid groups (broad SMARTS) is 1. The minimum atomic E-state index is -0.734. The van der Waals surface area contributed by atoms with Crippen molar-refractivity contribution in [2.75, 3.05) is 38.8 Å². The standard InChI is InChI=1S/C18H24N2O5.ClH/c1-24-14-9-13(10-15(11-14)25-2)20-8-5-16(17(20)21)19-6-3-12(4-7-19)18(22)23;/h9-12,16H,3-8H2,1-2H3,(H,22,23);1H. The second-order valence-corrected chi connectivity index (χ2v) is 6.51. The number of hydrogen-bond acceptors (Lipinski definition) is 5. The van der Waals surface area contributed by atoms with Gasteiger partial charge in [0.1, 0.15) is 11.5 Å². The molecule has 0 radical (unpaired) electrons. The first-order valence-electron chi connectivity index (χ1n) is 8.54. The van der Waals surface area contributed by atoms with E-state index in [1.165, 1.54) is 0 Å². The molecule has 1 aromatic rings. The van der Waals surface area contributed by atoms with Crippen LogP contribution in [0.3, 0.4) is 0 Å². The molecule has 1 N–H and O–H groups in total. The Morgan fingerprint density at radius 2 is 1.62 bits per heavy atom. The zero-order valence-electron chi connectivity index (χ0n) is 15.0. The Morgan fingerprint density at radius 3 is 2.12 bits per heavy atom. The van der Waals surface area contributed by atoms with Crippen molar-refractivity contribution in [2.24, 2.45) is 5.92 Å². The van der Waals surface area contributed by atoms with Gasteiger partial charge in [0.05, 0.1) is 31.9 Å². The summed E-state index contributed by atoms with van der Waals surface area (Å²) in [7, 11) is 3.17. The van der Waals surface area contributed by atoms with E-state index in [0.717, 1.165) is 12.1 Å². The number of aliphatic carboxylic acids is 1. The zero-order chi connectivity index (χ0) is 18.0. The predicted molar refractivity (Wildman–Crippen MR) is 99.5 cm³/mol. The highest BCUT2D eigenvalue weighted by molar-refractivity contribution is 5.99. The number of benzene rings is 1. The Kier molecular flexibility index (Phi) is 6.72. The SMILES string of the molecule is COc1cc(OC)cc(N2CCC(N3CCC(C(=O)O)CC3)C2=O)c1.Cl. The number of rotatable bonds is 5. The van der Waals surface area contributed by atoms with Gasteiger partial charge in [-0.25, -0.2) is 0 Å². The zero-order valence-corrected chi connectivity index (χ0v) is 15.8. The highest BCUT2D eigenvalue weighted by Crippen LogP contribution is 2.32. The van der Waals surface area contributed by atoms with Crippen molar-refractivity contribution in [2.45, 2.75) is 25.3 Å². The molecule has 7 nitrogen and oxygen atoms in total. The van der Waals surface area contributed by atoms with Crippen LogP contribution in [-0.4, -0.2) is 61.8 Å². The van der Waals surface area contributed by atoms with E-state index in [1.54, 1.807) is 25.2 Å². The molecule has 144 valence electrons. The van der Waals surface area contributed by atoms with Crippen LogP contribution >= 0.6 is 12.4 Å². The van der Waals surface area contributed by atoms with E-state index >= 15 is 0 Å². The van der Waals surface area contributed by atoms with Gasteiger partial charge in [0, 0.05) is 24.7 Å². The van der Waals surface area contributed by atoms with Gasteiger partial charge >= 0.3 is 5.97 Å². The van der Waals surface area contributed by atoms with Crippen molar-refractivity contribution < 1.29 is 24.2 Å². The van der Waals surface area contributed by atoms with Gasteiger partial charge in [0.2, 0.25) is 5.91 Å². The normalized spacial score (nSPS) is 21.4. The number of carbonyl (C=O) groups is 2.